The van der Waals surface area contributed by atoms with Crippen molar-refractivity contribution in [2.24, 2.45) is 13.0 Å². The van der Waals surface area contributed by atoms with Crippen molar-refractivity contribution in [1.29, 1.82) is 0 Å². The molecule has 21 heavy (non-hydrogen) atoms. The van der Waals surface area contributed by atoms with Crippen LogP contribution in [0, 0.1) is 5.92 Å². The summed E-state index contributed by atoms with van der Waals surface area (Å²) in [5.74, 6) is 0.636. The van der Waals surface area contributed by atoms with Gasteiger partial charge in [0.15, 0.2) is 0 Å². The number of amides is 1. The Bertz CT molecular complexity index is 651. The quantitative estimate of drug-likeness (QED) is 0.852. The Labute approximate surface area is 123 Å². The summed E-state index contributed by atoms with van der Waals surface area (Å²) < 4.78 is 1.93. The number of carbonyl (C=O) groups excluding carboxylic acids is 1. The van der Waals surface area contributed by atoms with Crippen molar-refractivity contribution >= 4 is 5.91 Å². The second-order valence-corrected chi connectivity index (χ2v) is 5.61. The van der Waals surface area contributed by atoms with Crippen molar-refractivity contribution in [2.75, 3.05) is 13.1 Å². The van der Waals surface area contributed by atoms with E-state index in [9.17, 15) is 4.79 Å². The van der Waals surface area contributed by atoms with Crippen LogP contribution in [-0.4, -0.2) is 43.4 Å². The van der Waals surface area contributed by atoms with Crippen LogP contribution >= 0.6 is 0 Å². The molecule has 1 aliphatic heterocycles. The number of likely N-dealkylation sites (tertiary alicyclic amines) is 1. The largest absolute Gasteiger partial charge is 0.343 e. The monoisotopic (exact) mass is 285 g/mol. The summed E-state index contributed by atoms with van der Waals surface area (Å²) in [5.41, 5.74) is 2.78. The van der Waals surface area contributed by atoms with Crippen molar-refractivity contribution in [3.05, 3.63) is 30.6 Å². The van der Waals surface area contributed by atoms with Crippen molar-refractivity contribution < 1.29 is 4.79 Å². The number of aryl methyl sites for hydroxylation is 1. The van der Waals surface area contributed by atoms with Crippen LogP contribution in [0.1, 0.15) is 19.0 Å². The molecule has 0 bridgehead atoms. The highest BCUT2D eigenvalue weighted by Gasteiger charge is 2.24. The Morgan fingerprint density at radius 1 is 1.33 bits per heavy atom. The van der Waals surface area contributed by atoms with Gasteiger partial charge in [-0.2, -0.15) is 0 Å². The zero-order valence-corrected chi connectivity index (χ0v) is 12.4. The lowest BCUT2D eigenvalue weighted by Crippen LogP contribution is -2.26. The molecule has 2 aromatic heterocycles. The molecule has 1 aliphatic rings. The summed E-state index contributed by atoms with van der Waals surface area (Å²) in [7, 11) is 1.94. The third-order valence-corrected chi connectivity index (χ3v) is 3.99. The molecule has 3 heterocycles. The van der Waals surface area contributed by atoms with E-state index in [1.807, 2.05) is 22.7 Å². The van der Waals surface area contributed by atoms with Crippen molar-refractivity contribution in [2.45, 2.75) is 19.8 Å². The van der Waals surface area contributed by atoms with E-state index in [4.69, 9.17) is 0 Å². The fraction of sp³-hybridized carbons (Fsp3) is 0.467. The first-order valence-electron chi connectivity index (χ1n) is 7.16. The van der Waals surface area contributed by atoms with E-state index < -0.39 is 0 Å². The van der Waals surface area contributed by atoms with Crippen LogP contribution in [0.5, 0.6) is 0 Å². The predicted octanol–water partition coefficient (Wildman–Crippen LogP) is 1.29. The van der Waals surface area contributed by atoms with E-state index in [2.05, 4.69) is 15.0 Å². The molecule has 1 saturated heterocycles. The molecule has 3 rings (SSSR count). The van der Waals surface area contributed by atoms with Crippen molar-refractivity contribution in [3.8, 4) is 11.4 Å². The molecule has 2 aromatic rings. The first kappa shape index (κ1) is 13.7. The number of aromatic nitrogens is 4. The van der Waals surface area contributed by atoms with Gasteiger partial charge in [0.1, 0.15) is 5.69 Å². The fourth-order valence-corrected chi connectivity index (χ4v) is 2.81. The fourth-order valence-electron chi connectivity index (χ4n) is 2.81. The van der Waals surface area contributed by atoms with Gasteiger partial charge in [-0.05, 0) is 18.8 Å². The SMILES string of the molecule is CC(=O)N1CC[C@@H](Cc2cncc(-c3cncn3C)n2)C1. The lowest BCUT2D eigenvalue weighted by atomic mass is 10.0. The maximum absolute atomic E-state index is 11.4. The van der Waals surface area contributed by atoms with Crippen LogP contribution in [0.2, 0.25) is 0 Å². The zero-order valence-electron chi connectivity index (χ0n) is 12.4. The van der Waals surface area contributed by atoms with Crippen LogP contribution in [0.3, 0.4) is 0 Å². The highest BCUT2D eigenvalue weighted by molar-refractivity contribution is 5.73. The van der Waals surface area contributed by atoms with Gasteiger partial charge in [0.05, 0.1) is 30.1 Å². The molecule has 1 atom stereocenters. The molecule has 6 heteroatoms. The molecule has 110 valence electrons. The number of carbonyl (C=O) groups is 1. The van der Waals surface area contributed by atoms with Crippen LogP contribution in [0.15, 0.2) is 24.9 Å². The minimum atomic E-state index is 0.159. The van der Waals surface area contributed by atoms with Gasteiger partial charge in [0, 0.05) is 33.3 Å². The average Bonchev–Trinajstić information content (AvgIpc) is 3.08. The zero-order chi connectivity index (χ0) is 14.8. The number of hydrogen-bond acceptors (Lipinski definition) is 4. The Hall–Kier alpha value is -2.24. The van der Waals surface area contributed by atoms with Crippen LogP contribution in [0.4, 0.5) is 0 Å². The minimum absolute atomic E-state index is 0.159. The van der Waals surface area contributed by atoms with Gasteiger partial charge in [0.25, 0.3) is 0 Å². The van der Waals surface area contributed by atoms with Crippen molar-refractivity contribution in [1.82, 2.24) is 24.4 Å². The summed E-state index contributed by atoms with van der Waals surface area (Å²) in [4.78, 5) is 26.4. The van der Waals surface area contributed by atoms with Gasteiger partial charge in [-0.3, -0.25) is 9.78 Å². The second kappa shape index (κ2) is 5.63. The molecule has 0 saturated carbocycles. The lowest BCUT2D eigenvalue weighted by Gasteiger charge is -2.13. The molecular formula is C15H19N5O. The van der Waals surface area contributed by atoms with E-state index in [-0.39, 0.29) is 5.91 Å². The molecule has 0 unspecified atom stereocenters. The smallest absolute Gasteiger partial charge is 0.219 e. The molecular weight excluding hydrogens is 266 g/mol. The number of hydrogen-bond donors (Lipinski definition) is 0. The molecule has 0 spiro atoms. The van der Waals surface area contributed by atoms with Gasteiger partial charge in [-0.1, -0.05) is 0 Å². The molecule has 0 N–H and O–H groups in total. The lowest BCUT2D eigenvalue weighted by molar-refractivity contribution is -0.127. The average molecular weight is 285 g/mol. The number of nitrogens with zero attached hydrogens (tertiary/aromatic N) is 5. The Morgan fingerprint density at radius 2 is 2.19 bits per heavy atom. The van der Waals surface area contributed by atoms with Gasteiger partial charge in [0.2, 0.25) is 5.91 Å². The number of rotatable bonds is 3. The third-order valence-electron chi connectivity index (χ3n) is 3.99. The van der Waals surface area contributed by atoms with E-state index >= 15 is 0 Å². The van der Waals surface area contributed by atoms with Crippen LogP contribution in [0.25, 0.3) is 11.4 Å². The maximum Gasteiger partial charge on any atom is 0.219 e. The Balaban J connectivity index is 1.73. The van der Waals surface area contributed by atoms with Gasteiger partial charge >= 0.3 is 0 Å². The molecule has 0 aliphatic carbocycles. The van der Waals surface area contributed by atoms with E-state index in [0.29, 0.717) is 5.92 Å². The van der Waals surface area contributed by atoms with Gasteiger partial charge < -0.3 is 9.47 Å². The molecule has 0 aromatic carbocycles. The highest BCUT2D eigenvalue weighted by Crippen LogP contribution is 2.21. The van der Waals surface area contributed by atoms with E-state index in [0.717, 1.165) is 43.0 Å². The molecule has 0 radical (unpaired) electrons. The summed E-state index contributed by atoms with van der Waals surface area (Å²) in [6.45, 7) is 3.31. The second-order valence-electron chi connectivity index (χ2n) is 5.61. The van der Waals surface area contributed by atoms with Crippen molar-refractivity contribution in [3.63, 3.8) is 0 Å². The maximum atomic E-state index is 11.4. The normalized spacial score (nSPS) is 18.2. The highest BCUT2D eigenvalue weighted by atomic mass is 16.2. The Morgan fingerprint density at radius 3 is 2.86 bits per heavy atom. The number of imidazole rings is 1. The molecule has 6 nitrogen and oxygen atoms in total. The first-order valence-corrected chi connectivity index (χ1v) is 7.16. The summed E-state index contributed by atoms with van der Waals surface area (Å²) >= 11 is 0. The molecule has 1 fully saturated rings. The van der Waals surface area contributed by atoms with Crippen LogP contribution < -0.4 is 0 Å². The van der Waals surface area contributed by atoms with E-state index in [1.54, 1.807) is 25.6 Å². The molecule has 1 amide bonds. The summed E-state index contributed by atoms with van der Waals surface area (Å²) in [5, 5.41) is 0. The van der Waals surface area contributed by atoms with Crippen LogP contribution in [-0.2, 0) is 18.3 Å². The van der Waals surface area contributed by atoms with Gasteiger partial charge in [-0.15, -0.1) is 0 Å². The summed E-state index contributed by atoms with van der Waals surface area (Å²) in [6, 6.07) is 0. The Kier molecular flexibility index (Phi) is 3.68. The summed E-state index contributed by atoms with van der Waals surface area (Å²) in [6.07, 6.45) is 9.03. The van der Waals surface area contributed by atoms with Gasteiger partial charge in [-0.25, -0.2) is 9.97 Å². The first-order chi connectivity index (χ1) is 10.1. The topological polar surface area (TPSA) is 63.9 Å². The minimum Gasteiger partial charge on any atom is -0.343 e. The third kappa shape index (κ3) is 2.94. The standard InChI is InChI=1S/C15H19N5O/c1-11(21)20-4-3-12(9-20)5-13-6-16-7-14(18-13)15-8-17-10-19(15)2/h6-8,10,12H,3-5,9H2,1-2H3/t12-/m0/s1. The van der Waals surface area contributed by atoms with E-state index in [1.165, 1.54) is 0 Å². The predicted molar refractivity (Wildman–Crippen MR) is 78.3 cm³/mol.